The van der Waals surface area contributed by atoms with Crippen LogP contribution in [0.5, 0.6) is 0 Å². The monoisotopic (exact) mass is 191 g/mol. The Balaban J connectivity index is 0. The summed E-state index contributed by atoms with van der Waals surface area (Å²) in [5, 5.41) is 0. The molecule has 1 amide bonds. The van der Waals surface area contributed by atoms with Crippen molar-refractivity contribution in [1.82, 2.24) is 0 Å². The topological polar surface area (TPSA) is 43.1 Å². The number of hydrogen-bond acceptors (Lipinski definition) is 1. The molecule has 3 heteroatoms. The van der Waals surface area contributed by atoms with E-state index in [9.17, 15) is 4.79 Å². The normalized spacial score (nSPS) is 5.00. The zero-order valence-electron chi connectivity index (χ0n) is 2.99. The zero-order valence-corrected chi connectivity index (χ0v) is 5.84. The average Bonchev–Trinajstić information content (AvgIpc) is 0.811. The summed E-state index contributed by atoms with van der Waals surface area (Å²) in [6.45, 7) is 1.31. The van der Waals surface area contributed by atoms with E-state index in [1.807, 2.05) is 0 Å². The van der Waals surface area contributed by atoms with Gasteiger partial charge in [-0.05, 0) is 0 Å². The van der Waals surface area contributed by atoms with E-state index in [0.717, 1.165) is 0 Å². The third-order valence-electron chi connectivity index (χ3n) is 0. The Morgan fingerprint density at radius 2 is 1.80 bits per heavy atom. The molecule has 0 bridgehead atoms. The van der Waals surface area contributed by atoms with Crippen LogP contribution in [0, 0.1) is 0 Å². The maximum atomic E-state index is 9.22. The second-order valence-electron chi connectivity index (χ2n) is 0.611. The Labute approximate surface area is 47.5 Å². The zero-order chi connectivity index (χ0) is 3.58. The summed E-state index contributed by atoms with van der Waals surface area (Å²) in [6, 6.07) is 0. The van der Waals surface area contributed by atoms with Crippen molar-refractivity contribution >= 4 is 29.6 Å². The van der Waals surface area contributed by atoms with Crippen molar-refractivity contribution < 1.29 is 4.79 Å². The number of rotatable bonds is 0. The quantitative estimate of drug-likeness (QED) is 0.466. The summed E-state index contributed by atoms with van der Waals surface area (Å²) >= 11 is 0. The van der Waals surface area contributed by atoms with E-state index in [4.69, 9.17) is 0 Å². The van der Waals surface area contributed by atoms with Gasteiger partial charge in [0.2, 0.25) is 5.91 Å². The van der Waals surface area contributed by atoms with E-state index in [1.165, 1.54) is 6.92 Å². The number of primary amides is 1. The molecule has 0 aliphatic heterocycles. The third kappa shape index (κ3) is 323. The molecule has 0 saturated carbocycles. The predicted octanol–water partition coefficient (Wildman–Crippen LogP) is -1.42. The third-order valence-corrected chi connectivity index (χ3v) is 0. The van der Waals surface area contributed by atoms with Crippen LogP contribution >= 0.6 is 0 Å². The van der Waals surface area contributed by atoms with Gasteiger partial charge in [0.15, 0.2) is 0 Å². The Morgan fingerprint density at radius 1 is 1.80 bits per heavy atom. The van der Waals surface area contributed by atoms with Crippen LogP contribution in [0.4, 0.5) is 0 Å². The van der Waals surface area contributed by atoms with Gasteiger partial charge in [0.05, 0.1) is 0 Å². The summed E-state index contributed by atoms with van der Waals surface area (Å²) in [7, 11) is 0. The van der Waals surface area contributed by atoms with E-state index in [2.05, 4.69) is 5.73 Å². The first kappa shape index (κ1) is 8.98. The van der Waals surface area contributed by atoms with E-state index >= 15 is 0 Å². The predicted molar refractivity (Wildman–Crippen MR) is 23.4 cm³/mol. The van der Waals surface area contributed by atoms with E-state index in [-0.39, 0.29) is 29.6 Å². The standard InChI is InChI=1S/C2H5NO.H2Te/c1-2(3)4;/h1H3,(H2,3,4);1H2. The van der Waals surface area contributed by atoms with Crippen LogP contribution in [-0.2, 0) is 4.79 Å². The first-order chi connectivity index (χ1) is 1.73. The molecule has 32 valence electrons. The molecule has 2 nitrogen and oxygen atoms in total. The van der Waals surface area contributed by atoms with Crippen LogP contribution < -0.4 is 5.73 Å². The van der Waals surface area contributed by atoms with Crippen molar-refractivity contribution in [3.63, 3.8) is 0 Å². The molecule has 0 rings (SSSR count). The Morgan fingerprint density at radius 3 is 1.80 bits per heavy atom. The van der Waals surface area contributed by atoms with Crippen LogP contribution in [-0.4, -0.2) is 29.6 Å². The minimum atomic E-state index is -0.333. The van der Waals surface area contributed by atoms with Gasteiger partial charge in [0.1, 0.15) is 0 Å². The van der Waals surface area contributed by atoms with Crippen molar-refractivity contribution in [3.05, 3.63) is 0 Å². The van der Waals surface area contributed by atoms with Crippen LogP contribution in [0.15, 0.2) is 0 Å². The molecule has 0 atom stereocenters. The number of nitrogens with two attached hydrogens (primary N) is 1. The average molecular weight is 189 g/mol. The summed E-state index contributed by atoms with van der Waals surface area (Å²) in [5.74, 6) is -0.333. The van der Waals surface area contributed by atoms with Crippen molar-refractivity contribution in [2.75, 3.05) is 0 Å². The molecule has 0 fully saturated rings. The molecule has 5 heavy (non-hydrogen) atoms. The Hall–Kier alpha value is 0.260. The van der Waals surface area contributed by atoms with Gasteiger partial charge in [-0.2, -0.15) is 0 Å². The fourth-order valence-corrected chi connectivity index (χ4v) is 0. The molecule has 2 N–H and O–H groups in total. The van der Waals surface area contributed by atoms with Crippen molar-refractivity contribution in [3.8, 4) is 0 Å². The fraction of sp³-hybridized carbons (Fsp3) is 0.500. The van der Waals surface area contributed by atoms with Gasteiger partial charge in [-0.1, -0.05) is 0 Å². The fourth-order valence-electron chi connectivity index (χ4n) is 0. The number of carbonyl (C=O) groups is 1. The molecular weight excluding hydrogens is 182 g/mol. The van der Waals surface area contributed by atoms with Crippen molar-refractivity contribution in [2.24, 2.45) is 5.73 Å². The summed E-state index contributed by atoms with van der Waals surface area (Å²) in [6.07, 6.45) is 0. The van der Waals surface area contributed by atoms with Gasteiger partial charge in [-0.3, -0.25) is 4.79 Å². The van der Waals surface area contributed by atoms with Crippen molar-refractivity contribution in [2.45, 2.75) is 6.92 Å². The number of amides is 1. The number of carbonyl (C=O) groups excluding carboxylic acids is 1. The Kier molecular flexibility index (Phi) is 7.65. The molecule has 0 saturated heterocycles. The van der Waals surface area contributed by atoms with Gasteiger partial charge >= 0.3 is 23.7 Å². The minimum absolute atomic E-state index is 0. The van der Waals surface area contributed by atoms with Gasteiger partial charge in [0, 0.05) is 6.92 Å². The van der Waals surface area contributed by atoms with Gasteiger partial charge in [-0.15, -0.1) is 0 Å². The second-order valence-corrected chi connectivity index (χ2v) is 0.611. The van der Waals surface area contributed by atoms with E-state index in [1.54, 1.807) is 0 Å². The maximum absolute atomic E-state index is 9.22. The van der Waals surface area contributed by atoms with Crippen molar-refractivity contribution in [1.29, 1.82) is 0 Å². The molecular formula is C2H7NOTe. The molecule has 0 aliphatic carbocycles. The van der Waals surface area contributed by atoms with Gasteiger partial charge in [0.25, 0.3) is 0 Å². The second kappa shape index (κ2) is 4.26. The molecule has 0 radical (unpaired) electrons. The van der Waals surface area contributed by atoms with Crippen LogP contribution in [0.3, 0.4) is 0 Å². The first-order valence-electron chi connectivity index (χ1n) is 0.993. The molecule has 0 aromatic carbocycles. The number of hydrogen-bond donors (Lipinski definition) is 1. The van der Waals surface area contributed by atoms with E-state index < -0.39 is 0 Å². The molecule has 0 aromatic heterocycles. The van der Waals surface area contributed by atoms with Crippen LogP contribution in [0.2, 0.25) is 0 Å². The van der Waals surface area contributed by atoms with Crippen LogP contribution in [0.1, 0.15) is 6.92 Å². The molecule has 0 heterocycles. The summed E-state index contributed by atoms with van der Waals surface area (Å²) < 4.78 is 0. The van der Waals surface area contributed by atoms with Gasteiger partial charge < -0.3 is 5.73 Å². The van der Waals surface area contributed by atoms with E-state index in [0.29, 0.717) is 0 Å². The van der Waals surface area contributed by atoms with Gasteiger partial charge in [-0.25, -0.2) is 0 Å². The Bertz CT molecular complexity index is 32.6. The van der Waals surface area contributed by atoms with Crippen LogP contribution in [0.25, 0.3) is 0 Å². The first-order valence-corrected chi connectivity index (χ1v) is 0.993. The molecule has 0 unspecified atom stereocenters. The SMILES string of the molecule is CC(N)=O.[TeH2]. The molecule has 0 aliphatic rings. The molecule has 0 aromatic rings. The summed E-state index contributed by atoms with van der Waals surface area (Å²) in [5.41, 5.74) is 4.47. The molecule has 0 spiro atoms. The summed E-state index contributed by atoms with van der Waals surface area (Å²) in [4.78, 5) is 9.22.